The minimum atomic E-state index is -0.305. The Labute approximate surface area is 149 Å². The molecule has 0 spiro atoms. The van der Waals surface area contributed by atoms with Crippen LogP contribution in [0.1, 0.15) is 24.8 Å². The van der Waals surface area contributed by atoms with Gasteiger partial charge >= 0.3 is 6.03 Å². The number of piperidine rings is 1. The van der Waals surface area contributed by atoms with E-state index in [9.17, 15) is 9.59 Å². The number of hydrogen-bond acceptors (Lipinski definition) is 3. The summed E-state index contributed by atoms with van der Waals surface area (Å²) < 4.78 is 0. The van der Waals surface area contributed by atoms with Crippen molar-refractivity contribution in [3.05, 3.63) is 35.9 Å². The van der Waals surface area contributed by atoms with Crippen molar-refractivity contribution >= 4 is 11.9 Å². The van der Waals surface area contributed by atoms with Crippen molar-refractivity contribution in [3.63, 3.8) is 0 Å². The fourth-order valence-electron chi connectivity index (χ4n) is 3.71. The van der Waals surface area contributed by atoms with Crippen molar-refractivity contribution in [2.24, 2.45) is 17.6 Å². The molecule has 0 aromatic heterocycles. The number of hydrogen-bond donors (Lipinski definition) is 2. The maximum atomic E-state index is 12.2. The van der Waals surface area contributed by atoms with Gasteiger partial charge in [-0.3, -0.25) is 9.69 Å². The monoisotopic (exact) mass is 344 g/mol. The van der Waals surface area contributed by atoms with Crippen LogP contribution in [0.2, 0.25) is 0 Å². The first-order valence-corrected chi connectivity index (χ1v) is 9.20. The van der Waals surface area contributed by atoms with Gasteiger partial charge in [0.1, 0.15) is 0 Å². The fourth-order valence-corrected chi connectivity index (χ4v) is 3.71. The Bertz CT molecular complexity index is 584. The first-order valence-electron chi connectivity index (χ1n) is 9.20. The Morgan fingerprint density at radius 2 is 1.80 bits per heavy atom. The summed E-state index contributed by atoms with van der Waals surface area (Å²) in [6.07, 6.45) is 2.90. The molecule has 2 saturated heterocycles. The number of rotatable bonds is 5. The van der Waals surface area contributed by atoms with E-state index in [4.69, 9.17) is 5.73 Å². The zero-order valence-corrected chi connectivity index (χ0v) is 14.7. The van der Waals surface area contributed by atoms with Crippen molar-refractivity contribution < 1.29 is 9.59 Å². The Hall–Kier alpha value is -2.08. The number of benzene rings is 1. The third-order valence-corrected chi connectivity index (χ3v) is 5.38. The molecule has 0 saturated carbocycles. The second kappa shape index (κ2) is 8.34. The van der Waals surface area contributed by atoms with Crippen LogP contribution in [0.25, 0.3) is 0 Å². The fraction of sp³-hybridized carbons (Fsp3) is 0.579. The zero-order chi connectivity index (χ0) is 17.6. The zero-order valence-electron chi connectivity index (χ0n) is 14.7. The molecule has 3 N–H and O–H groups in total. The number of carbonyl (C=O) groups excluding carboxylic acids is 2. The molecule has 1 aromatic carbocycles. The minimum Gasteiger partial charge on any atom is -0.369 e. The number of nitrogens with one attached hydrogen (secondary N) is 1. The predicted octanol–water partition coefficient (Wildman–Crippen LogP) is 1.42. The van der Waals surface area contributed by atoms with Crippen molar-refractivity contribution in [1.82, 2.24) is 15.1 Å². The van der Waals surface area contributed by atoms with Gasteiger partial charge < -0.3 is 16.0 Å². The number of likely N-dealkylation sites (tertiary alicyclic amines) is 2. The number of amides is 3. The summed E-state index contributed by atoms with van der Waals surface area (Å²) in [5.74, 6) is 0.0403. The van der Waals surface area contributed by atoms with E-state index in [1.807, 2.05) is 6.07 Å². The quantitative estimate of drug-likeness (QED) is 0.848. The first-order chi connectivity index (χ1) is 12.1. The molecule has 3 rings (SSSR count). The summed E-state index contributed by atoms with van der Waals surface area (Å²) in [6, 6.07) is 10.5. The van der Waals surface area contributed by atoms with Crippen LogP contribution < -0.4 is 11.1 Å². The molecule has 0 bridgehead atoms. The Morgan fingerprint density at radius 3 is 2.44 bits per heavy atom. The number of carbonyl (C=O) groups is 2. The molecule has 3 amide bonds. The molecule has 2 aliphatic heterocycles. The Morgan fingerprint density at radius 1 is 1.08 bits per heavy atom. The van der Waals surface area contributed by atoms with Crippen LogP contribution >= 0.6 is 0 Å². The standard InChI is InChI=1S/C19H28N4O2/c20-18(24)17-8-11-23(14-17)19(25)21-12-15-6-9-22(10-7-15)13-16-4-2-1-3-5-16/h1-5,15,17H,6-14H2,(H2,20,24)(H,21,25)/t17-/m1/s1. The van der Waals surface area contributed by atoms with Crippen LogP contribution in [0.15, 0.2) is 30.3 Å². The molecular formula is C19H28N4O2. The van der Waals surface area contributed by atoms with E-state index in [1.54, 1.807) is 4.90 Å². The highest BCUT2D eigenvalue weighted by molar-refractivity contribution is 5.80. The third kappa shape index (κ3) is 4.95. The number of nitrogens with zero attached hydrogens (tertiary/aromatic N) is 2. The van der Waals surface area contributed by atoms with E-state index in [0.717, 1.165) is 39.0 Å². The molecule has 2 heterocycles. The molecule has 6 heteroatoms. The third-order valence-electron chi connectivity index (χ3n) is 5.38. The highest BCUT2D eigenvalue weighted by atomic mass is 16.2. The van der Waals surface area contributed by atoms with Crippen LogP contribution in [0.3, 0.4) is 0 Å². The van der Waals surface area contributed by atoms with Crippen LogP contribution in [0.4, 0.5) is 4.79 Å². The van der Waals surface area contributed by atoms with Crippen LogP contribution in [-0.4, -0.2) is 54.5 Å². The largest absolute Gasteiger partial charge is 0.369 e. The van der Waals surface area contributed by atoms with Gasteiger partial charge in [0.15, 0.2) is 0 Å². The average molecular weight is 344 g/mol. The summed E-state index contributed by atoms with van der Waals surface area (Å²) in [5.41, 5.74) is 6.67. The summed E-state index contributed by atoms with van der Waals surface area (Å²) in [4.78, 5) is 27.6. The summed E-state index contributed by atoms with van der Waals surface area (Å²) in [6.45, 7) is 4.94. The first kappa shape index (κ1) is 17.7. The molecule has 2 fully saturated rings. The second-order valence-corrected chi connectivity index (χ2v) is 7.23. The lowest BCUT2D eigenvalue weighted by atomic mass is 9.96. The summed E-state index contributed by atoms with van der Waals surface area (Å²) >= 11 is 0. The van der Waals surface area contributed by atoms with E-state index in [0.29, 0.717) is 25.4 Å². The molecule has 0 unspecified atom stereocenters. The van der Waals surface area contributed by atoms with E-state index in [1.165, 1.54) is 5.56 Å². The lowest BCUT2D eigenvalue weighted by Crippen LogP contribution is -2.43. The van der Waals surface area contributed by atoms with Gasteiger partial charge in [0.25, 0.3) is 0 Å². The van der Waals surface area contributed by atoms with Gasteiger partial charge in [0.05, 0.1) is 5.92 Å². The molecular weight excluding hydrogens is 316 g/mol. The molecule has 136 valence electrons. The number of urea groups is 1. The molecule has 6 nitrogen and oxygen atoms in total. The Balaban J connectivity index is 1.35. The molecule has 1 aromatic rings. The van der Waals surface area contributed by atoms with Crippen LogP contribution in [0.5, 0.6) is 0 Å². The average Bonchev–Trinajstić information content (AvgIpc) is 3.12. The maximum absolute atomic E-state index is 12.2. The number of primary amides is 1. The van der Waals surface area contributed by atoms with Gasteiger partial charge in [-0.15, -0.1) is 0 Å². The van der Waals surface area contributed by atoms with Crippen molar-refractivity contribution in [3.8, 4) is 0 Å². The second-order valence-electron chi connectivity index (χ2n) is 7.23. The molecule has 1 atom stereocenters. The van der Waals surface area contributed by atoms with E-state index in [-0.39, 0.29) is 17.9 Å². The van der Waals surface area contributed by atoms with Crippen LogP contribution in [0, 0.1) is 11.8 Å². The van der Waals surface area contributed by atoms with Crippen molar-refractivity contribution in [2.75, 3.05) is 32.7 Å². The van der Waals surface area contributed by atoms with Gasteiger partial charge in [0.2, 0.25) is 5.91 Å². The van der Waals surface area contributed by atoms with Gasteiger partial charge in [-0.25, -0.2) is 4.79 Å². The SMILES string of the molecule is NC(=O)[C@@H]1CCN(C(=O)NCC2CCN(Cc3ccccc3)CC2)C1. The highest BCUT2D eigenvalue weighted by Crippen LogP contribution is 2.19. The molecule has 25 heavy (non-hydrogen) atoms. The number of nitrogens with two attached hydrogens (primary N) is 1. The van der Waals surface area contributed by atoms with E-state index < -0.39 is 0 Å². The highest BCUT2D eigenvalue weighted by Gasteiger charge is 2.30. The van der Waals surface area contributed by atoms with Gasteiger partial charge in [-0.1, -0.05) is 30.3 Å². The lowest BCUT2D eigenvalue weighted by Gasteiger charge is -2.32. The lowest BCUT2D eigenvalue weighted by molar-refractivity contribution is -0.121. The summed E-state index contributed by atoms with van der Waals surface area (Å²) in [5, 5.41) is 3.03. The van der Waals surface area contributed by atoms with E-state index in [2.05, 4.69) is 34.5 Å². The molecule has 0 radical (unpaired) electrons. The van der Waals surface area contributed by atoms with Crippen molar-refractivity contribution in [1.29, 1.82) is 0 Å². The topological polar surface area (TPSA) is 78.7 Å². The van der Waals surface area contributed by atoms with Gasteiger partial charge in [-0.2, -0.15) is 0 Å². The van der Waals surface area contributed by atoms with Gasteiger partial charge in [0, 0.05) is 26.2 Å². The Kier molecular flexibility index (Phi) is 5.91. The van der Waals surface area contributed by atoms with Crippen molar-refractivity contribution in [2.45, 2.75) is 25.8 Å². The minimum absolute atomic E-state index is 0.0598. The van der Waals surface area contributed by atoms with Gasteiger partial charge in [-0.05, 0) is 43.8 Å². The molecule has 0 aliphatic carbocycles. The normalized spacial score (nSPS) is 22.1. The predicted molar refractivity (Wildman–Crippen MR) is 96.7 cm³/mol. The maximum Gasteiger partial charge on any atom is 0.317 e. The smallest absolute Gasteiger partial charge is 0.317 e. The molecule has 2 aliphatic rings. The van der Waals surface area contributed by atoms with E-state index >= 15 is 0 Å². The summed E-state index contributed by atoms with van der Waals surface area (Å²) in [7, 11) is 0. The van der Waals surface area contributed by atoms with Crippen LogP contribution in [-0.2, 0) is 11.3 Å².